The molecule has 2 N–H and O–H groups in total. The van der Waals surface area contributed by atoms with Gasteiger partial charge in [0.05, 0.1) is 18.4 Å². The zero-order valence-electron chi connectivity index (χ0n) is 12.5. The largest absolute Gasteiger partial charge is 0.347 e. The van der Waals surface area contributed by atoms with Crippen LogP contribution in [0.3, 0.4) is 0 Å². The fourth-order valence-electron chi connectivity index (χ4n) is 1.40. The number of ketones is 1. The summed E-state index contributed by atoms with van der Waals surface area (Å²) in [6, 6.07) is 0.366. The highest BCUT2D eigenvalue weighted by molar-refractivity contribution is 5.86. The molecule has 0 bridgehead atoms. The summed E-state index contributed by atoms with van der Waals surface area (Å²) >= 11 is 0. The van der Waals surface area contributed by atoms with Crippen LogP contribution in [0.2, 0.25) is 0 Å². The molecule has 1 aromatic rings. The van der Waals surface area contributed by atoms with Crippen LogP contribution in [-0.4, -0.2) is 39.3 Å². The van der Waals surface area contributed by atoms with Gasteiger partial charge in [0, 0.05) is 18.5 Å². The van der Waals surface area contributed by atoms with Gasteiger partial charge in [-0.25, -0.2) is 4.68 Å². The van der Waals surface area contributed by atoms with Crippen LogP contribution in [0.15, 0.2) is 6.20 Å². The van der Waals surface area contributed by atoms with Gasteiger partial charge in [-0.05, 0) is 0 Å². The third-order valence-electron chi connectivity index (χ3n) is 2.69. The second-order valence-electron chi connectivity index (χ2n) is 5.34. The Morgan fingerprint density at radius 1 is 1.30 bits per heavy atom. The first-order valence-corrected chi connectivity index (χ1v) is 6.80. The molecule has 0 spiro atoms. The van der Waals surface area contributed by atoms with Crippen molar-refractivity contribution in [2.75, 3.05) is 6.54 Å². The van der Waals surface area contributed by atoms with Gasteiger partial charge in [0.1, 0.15) is 6.54 Å². The Hall–Kier alpha value is -1.76. The van der Waals surface area contributed by atoms with E-state index in [1.165, 1.54) is 4.68 Å². The van der Waals surface area contributed by atoms with Gasteiger partial charge in [0.25, 0.3) is 0 Å². The van der Waals surface area contributed by atoms with Gasteiger partial charge in [-0.2, -0.15) is 0 Å². The van der Waals surface area contributed by atoms with Crippen molar-refractivity contribution in [3.8, 4) is 0 Å². The molecule has 112 valence electrons. The number of hydrogen-bond acceptors (Lipinski definition) is 5. The lowest BCUT2D eigenvalue weighted by atomic mass is 10.1. The van der Waals surface area contributed by atoms with Crippen molar-refractivity contribution < 1.29 is 9.59 Å². The van der Waals surface area contributed by atoms with E-state index in [4.69, 9.17) is 0 Å². The average Bonchev–Trinajstić information content (AvgIpc) is 2.80. The highest BCUT2D eigenvalue weighted by Crippen LogP contribution is 1.95. The van der Waals surface area contributed by atoms with Crippen LogP contribution < -0.4 is 10.6 Å². The summed E-state index contributed by atoms with van der Waals surface area (Å²) in [5, 5.41) is 13.6. The SMILES string of the molecule is CC(C)NCc1cn(CC(=O)NCC(=O)C(C)C)nn1. The van der Waals surface area contributed by atoms with Gasteiger partial charge in [0.15, 0.2) is 5.78 Å². The number of nitrogens with zero attached hydrogens (tertiary/aromatic N) is 3. The second-order valence-corrected chi connectivity index (χ2v) is 5.34. The van der Waals surface area contributed by atoms with E-state index >= 15 is 0 Å². The van der Waals surface area contributed by atoms with Gasteiger partial charge >= 0.3 is 0 Å². The molecule has 0 fully saturated rings. The van der Waals surface area contributed by atoms with Crippen LogP contribution in [0.4, 0.5) is 0 Å². The molecule has 7 nitrogen and oxygen atoms in total. The number of carbonyl (C=O) groups excluding carboxylic acids is 2. The third-order valence-corrected chi connectivity index (χ3v) is 2.69. The van der Waals surface area contributed by atoms with E-state index in [1.54, 1.807) is 20.0 Å². The van der Waals surface area contributed by atoms with Gasteiger partial charge < -0.3 is 10.6 Å². The van der Waals surface area contributed by atoms with E-state index < -0.39 is 0 Å². The molecule has 0 saturated carbocycles. The Morgan fingerprint density at radius 3 is 2.60 bits per heavy atom. The first-order valence-electron chi connectivity index (χ1n) is 6.80. The Labute approximate surface area is 119 Å². The predicted octanol–water partition coefficient (Wildman–Crippen LogP) is 0.117. The fourth-order valence-corrected chi connectivity index (χ4v) is 1.40. The van der Waals surface area contributed by atoms with Crippen LogP contribution in [0.5, 0.6) is 0 Å². The van der Waals surface area contributed by atoms with E-state index in [2.05, 4.69) is 20.9 Å². The lowest BCUT2D eigenvalue weighted by Gasteiger charge is -2.06. The van der Waals surface area contributed by atoms with Crippen LogP contribution >= 0.6 is 0 Å². The zero-order valence-corrected chi connectivity index (χ0v) is 12.5. The van der Waals surface area contributed by atoms with E-state index in [1.807, 2.05) is 13.8 Å². The summed E-state index contributed by atoms with van der Waals surface area (Å²) in [5.41, 5.74) is 0.782. The van der Waals surface area contributed by atoms with Crippen molar-refractivity contribution in [1.82, 2.24) is 25.6 Å². The second kappa shape index (κ2) is 7.74. The van der Waals surface area contributed by atoms with Crippen LogP contribution in [-0.2, 0) is 22.7 Å². The number of Topliss-reactive ketones (excluding diaryl/α,β-unsaturated/α-hetero) is 1. The maximum atomic E-state index is 11.6. The monoisotopic (exact) mass is 281 g/mol. The first kappa shape index (κ1) is 16.3. The molecule has 0 aliphatic carbocycles. The Balaban J connectivity index is 2.37. The molecule has 20 heavy (non-hydrogen) atoms. The lowest BCUT2D eigenvalue weighted by Crippen LogP contribution is -2.34. The van der Waals surface area contributed by atoms with Crippen LogP contribution in [0.1, 0.15) is 33.4 Å². The number of hydrogen-bond donors (Lipinski definition) is 2. The third kappa shape index (κ3) is 5.92. The van der Waals surface area contributed by atoms with E-state index in [9.17, 15) is 9.59 Å². The number of rotatable bonds is 8. The standard InChI is InChI=1S/C13H23N5O2/c1-9(2)12(19)6-15-13(20)8-18-7-11(16-17-18)5-14-10(3)4/h7,9-10,14H,5-6,8H2,1-4H3,(H,15,20). The predicted molar refractivity (Wildman–Crippen MR) is 74.9 cm³/mol. The maximum absolute atomic E-state index is 11.6. The molecule has 1 heterocycles. The van der Waals surface area contributed by atoms with E-state index in [-0.39, 0.29) is 30.7 Å². The number of aromatic nitrogens is 3. The van der Waals surface area contributed by atoms with Crippen molar-refractivity contribution in [3.05, 3.63) is 11.9 Å². The highest BCUT2D eigenvalue weighted by atomic mass is 16.2. The summed E-state index contributed by atoms with van der Waals surface area (Å²) in [6.07, 6.45) is 1.72. The summed E-state index contributed by atoms with van der Waals surface area (Å²) in [6.45, 7) is 8.45. The van der Waals surface area contributed by atoms with Gasteiger partial charge in [-0.3, -0.25) is 9.59 Å². The zero-order chi connectivity index (χ0) is 15.1. The molecule has 0 saturated heterocycles. The molecule has 0 radical (unpaired) electrons. The Morgan fingerprint density at radius 2 is 2.00 bits per heavy atom. The van der Waals surface area contributed by atoms with Crippen molar-refractivity contribution in [2.24, 2.45) is 5.92 Å². The molecule has 1 aromatic heterocycles. The summed E-state index contributed by atoms with van der Waals surface area (Å²) < 4.78 is 1.46. The quantitative estimate of drug-likeness (QED) is 0.706. The van der Waals surface area contributed by atoms with Crippen molar-refractivity contribution >= 4 is 11.7 Å². The van der Waals surface area contributed by atoms with Crippen LogP contribution in [0, 0.1) is 5.92 Å². The molecule has 0 atom stereocenters. The maximum Gasteiger partial charge on any atom is 0.242 e. The van der Waals surface area contributed by atoms with E-state index in [0.29, 0.717) is 12.6 Å². The molecular formula is C13H23N5O2. The van der Waals surface area contributed by atoms with Gasteiger partial charge in [-0.15, -0.1) is 5.10 Å². The lowest BCUT2D eigenvalue weighted by molar-refractivity contribution is -0.126. The highest BCUT2D eigenvalue weighted by Gasteiger charge is 2.10. The molecule has 0 aliphatic heterocycles. The molecule has 7 heteroatoms. The topological polar surface area (TPSA) is 88.9 Å². The minimum atomic E-state index is -0.243. The molecule has 0 unspecified atom stereocenters. The minimum Gasteiger partial charge on any atom is -0.347 e. The van der Waals surface area contributed by atoms with Crippen molar-refractivity contribution in [3.63, 3.8) is 0 Å². The summed E-state index contributed by atoms with van der Waals surface area (Å²) in [5.74, 6) is -0.304. The molecule has 1 amide bonds. The number of nitrogens with one attached hydrogen (secondary N) is 2. The Bertz CT molecular complexity index is 453. The number of carbonyl (C=O) groups is 2. The van der Waals surface area contributed by atoms with Crippen molar-refractivity contribution in [2.45, 2.75) is 46.8 Å². The summed E-state index contributed by atoms with van der Waals surface area (Å²) in [7, 11) is 0. The fraction of sp³-hybridized carbons (Fsp3) is 0.692. The van der Waals surface area contributed by atoms with Gasteiger partial charge in [-0.1, -0.05) is 32.9 Å². The minimum absolute atomic E-state index is 0.0127. The summed E-state index contributed by atoms with van der Waals surface area (Å²) in [4.78, 5) is 23.0. The van der Waals surface area contributed by atoms with Crippen LogP contribution in [0.25, 0.3) is 0 Å². The van der Waals surface area contributed by atoms with Gasteiger partial charge in [0.2, 0.25) is 5.91 Å². The Kier molecular flexibility index (Phi) is 6.30. The smallest absolute Gasteiger partial charge is 0.242 e. The van der Waals surface area contributed by atoms with E-state index in [0.717, 1.165) is 5.69 Å². The first-order chi connectivity index (χ1) is 9.38. The van der Waals surface area contributed by atoms with Crippen molar-refractivity contribution in [1.29, 1.82) is 0 Å². The molecular weight excluding hydrogens is 258 g/mol. The number of amides is 1. The average molecular weight is 281 g/mol. The molecule has 0 aliphatic rings. The molecule has 1 rings (SSSR count). The molecule has 0 aromatic carbocycles. The normalized spacial score (nSPS) is 11.1.